The van der Waals surface area contributed by atoms with Crippen LogP contribution in [0.3, 0.4) is 0 Å². The Labute approximate surface area is 169 Å². The van der Waals surface area contributed by atoms with Gasteiger partial charge < -0.3 is 20.1 Å². The minimum absolute atomic E-state index is 0. The largest absolute Gasteiger partial charge is 0.484 e. The van der Waals surface area contributed by atoms with Gasteiger partial charge in [-0.1, -0.05) is 18.2 Å². The number of methoxy groups -OCH3 is 1. The van der Waals surface area contributed by atoms with E-state index < -0.39 is 12.8 Å². The highest BCUT2D eigenvalue weighted by atomic mass is 127. The number of aliphatic imine (C=N–C) groups is 1. The highest BCUT2D eigenvalue weighted by Crippen LogP contribution is 2.22. The van der Waals surface area contributed by atoms with E-state index >= 15 is 0 Å². The fourth-order valence-electron chi connectivity index (χ4n) is 1.81. The number of halogens is 4. The van der Waals surface area contributed by atoms with Crippen LogP contribution >= 0.6 is 24.0 Å². The standard InChI is InChI=1S/C17H26F3N3O2.HI/c1-5-21-15(23-11-16(2,3)24-4)22-10-13-8-6-7-9-14(13)25-12-17(18,19)20;/h6-9H,5,10-12H2,1-4H3,(H2,21,22,23);1H. The van der Waals surface area contributed by atoms with Crippen LogP contribution in [0.15, 0.2) is 29.3 Å². The monoisotopic (exact) mass is 489 g/mol. The predicted octanol–water partition coefficient (Wildman–Crippen LogP) is 3.73. The molecule has 26 heavy (non-hydrogen) atoms. The summed E-state index contributed by atoms with van der Waals surface area (Å²) >= 11 is 0. The van der Waals surface area contributed by atoms with Gasteiger partial charge in [-0.15, -0.1) is 24.0 Å². The molecule has 2 N–H and O–H groups in total. The van der Waals surface area contributed by atoms with E-state index in [2.05, 4.69) is 15.6 Å². The van der Waals surface area contributed by atoms with E-state index in [0.29, 0.717) is 24.6 Å². The maximum absolute atomic E-state index is 12.3. The summed E-state index contributed by atoms with van der Waals surface area (Å²) in [5.74, 6) is 0.731. The van der Waals surface area contributed by atoms with Crippen LogP contribution in [0.2, 0.25) is 0 Å². The van der Waals surface area contributed by atoms with Gasteiger partial charge in [0.1, 0.15) is 5.75 Å². The third-order valence-electron chi connectivity index (χ3n) is 3.35. The van der Waals surface area contributed by atoms with E-state index in [-0.39, 0.29) is 41.9 Å². The molecule has 0 amide bonds. The van der Waals surface area contributed by atoms with Crippen LogP contribution in [0.1, 0.15) is 26.3 Å². The molecule has 0 atom stereocenters. The Morgan fingerprint density at radius 1 is 1.15 bits per heavy atom. The molecule has 0 saturated carbocycles. The lowest BCUT2D eigenvalue weighted by Gasteiger charge is -2.24. The number of guanidine groups is 1. The quantitative estimate of drug-likeness (QED) is 0.332. The number of para-hydroxylation sites is 1. The van der Waals surface area contributed by atoms with Gasteiger partial charge in [0.2, 0.25) is 0 Å². The third kappa shape index (κ3) is 10.0. The SMILES string of the molecule is CCNC(=NCc1ccccc1OCC(F)(F)F)NCC(C)(C)OC.I. The topological polar surface area (TPSA) is 54.9 Å². The number of hydrogen-bond acceptors (Lipinski definition) is 3. The van der Waals surface area contributed by atoms with Gasteiger partial charge in [0.15, 0.2) is 12.6 Å². The number of nitrogens with one attached hydrogen (secondary N) is 2. The van der Waals surface area contributed by atoms with Crippen LogP contribution in [-0.4, -0.2) is 44.5 Å². The zero-order valence-corrected chi connectivity index (χ0v) is 17.8. The Morgan fingerprint density at radius 3 is 2.38 bits per heavy atom. The first-order valence-corrected chi connectivity index (χ1v) is 8.01. The van der Waals surface area contributed by atoms with Gasteiger partial charge in [0.05, 0.1) is 12.1 Å². The minimum atomic E-state index is -4.38. The second-order valence-corrected chi connectivity index (χ2v) is 6.02. The van der Waals surface area contributed by atoms with Crippen molar-refractivity contribution in [3.05, 3.63) is 29.8 Å². The summed E-state index contributed by atoms with van der Waals surface area (Å²) in [6.07, 6.45) is -4.38. The maximum Gasteiger partial charge on any atom is 0.422 e. The fraction of sp³-hybridized carbons (Fsp3) is 0.588. The molecule has 1 aromatic rings. The van der Waals surface area contributed by atoms with Crippen LogP contribution in [0.5, 0.6) is 5.75 Å². The first-order chi connectivity index (χ1) is 11.7. The Kier molecular flexibility index (Phi) is 10.9. The maximum atomic E-state index is 12.3. The molecule has 0 bridgehead atoms. The van der Waals surface area contributed by atoms with Crippen molar-refractivity contribution >= 4 is 29.9 Å². The normalized spacial score (nSPS) is 12.3. The zero-order chi connectivity index (χ0) is 18.9. The van der Waals surface area contributed by atoms with Gasteiger partial charge in [0, 0.05) is 25.8 Å². The summed E-state index contributed by atoms with van der Waals surface area (Å²) < 4.78 is 47.3. The van der Waals surface area contributed by atoms with E-state index in [1.54, 1.807) is 25.3 Å². The summed E-state index contributed by atoms with van der Waals surface area (Å²) in [6.45, 7) is 5.85. The summed E-state index contributed by atoms with van der Waals surface area (Å²) in [6, 6.07) is 6.56. The van der Waals surface area contributed by atoms with E-state index in [9.17, 15) is 13.2 Å². The Morgan fingerprint density at radius 2 is 1.81 bits per heavy atom. The first kappa shape index (κ1) is 24.8. The molecule has 0 fully saturated rings. The molecule has 0 aliphatic carbocycles. The lowest BCUT2D eigenvalue weighted by atomic mass is 10.1. The van der Waals surface area contributed by atoms with Crippen molar-refractivity contribution < 1.29 is 22.6 Å². The van der Waals surface area contributed by atoms with E-state index in [1.165, 1.54) is 6.07 Å². The molecular formula is C17H27F3IN3O2. The van der Waals surface area contributed by atoms with Crippen LogP contribution in [0.25, 0.3) is 0 Å². The molecule has 0 aliphatic heterocycles. The van der Waals surface area contributed by atoms with Crippen molar-refractivity contribution in [2.45, 2.75) is 39.1 Å². The Hall–Kier alpha value is -1.23. The Bertz CT molecular complexity index is 566. The smallest absolute Gasteiger partial charge is 0.422 e. The average molecular weight is 489 g/mol. The van der Waals surface area contributed by atoms with Crippen molar-refractivity contribution in [2.75, 3.05) is 26.8 Å². The molecule has 0 unspecified atom stereocenters. The molecule has 0 saturated heterocycles. The molecular weight excluding hydrogens is 462 g/mol. The Balaban J connectivity index is 0.00000625. The fourth-order valence-corrected chi connectivity index (χ4v) is 1.81. The minimum Gasteiger partial charge on any atom is -0.484 e. The second kappa shape index (κ2) is 11.5. The molecule has 0 radical (unpaired) electrons. The van der Waals surface area contributed by atoms with Gasteiger partial charge in [-0.05, 0) is 26.8 Å². The predicted molar refractivity (Wildman–Crippen MR) is 107 cm³/mol. The van der Waals surface area contributed by atoms with Crippen molar-refractivity contribution in [2.24, 2.45) is 4.99 Å². The van der Waals surface area contributed by atoms with E-state index in [4.69, 9.17) is 9.47 Å². The van der Waals surface area contributed by atoms with Gasteiger partial charge in [-0.2, -0.15) is 13.2 Å². The molecule has 1 aromatic carbocycles. The molecule has 5 nitrogen and oxygen atoms in total. The first-order valence-electron chi connectivity index (χ1n) is 8.01. The summed E-state index contributed by atoms with van der Waals surface area (Å²) in [7, 11) is 1.62. The molecule has 150 valence electrons. The van der Waals surface area contributed by atoms with Crippen molar-refractivity contribution in [1.29, 1.82) is 0 Å². The molecule has 0 spiro atoms. The van der Waals surface area contributed by atoms with Gasteiger partial charge >= 0.3 is 6.18 Å². The molecule has 0 heterocycles. The average Bonchev–Trinajstić information content (AvgIpc) is 2.55. The highest BCUT2D eigenvalue weighted by Gasteiger charge is 2.28. The number of benzene rings is 1. The van der Waals surface area contributed by atoms with E-state index in [0.717, 1.165) is 0 Å². The summed E-state index contributed by atoms with van der Waals surface area (Å²) in [4.78, 5) is 4.40. The molecule has 1 rings (SSSR count). The van der Waals surface area contributed by atoms with Crippen LogP contribution < -0.4 is 15.4 Å². The van der Waals surface area contributed by atoms with Crippen molar-refractivity contribution in [3.63, 3.8) is 0 Å². The van der Waals surface area contributed by atoms with E-state index in [1.807, 2.05) is 20.8 Å². The number of rotatable bonds is 8. The molecule has 9 heteroatoms. The van der Waals surface area contributed by atoms with Crippen LogP contribution in [0.4, 0.5) is 13.2 Å². The lowest BCUT2D eigenvalue weighted by Crippen LogP contribution is -2.45. The third-order valence-corrected chi connectivity index (χ3v) is 3.35. The van der Waals surface area contributed by atoms with Gasteiger partial charge in [-0.3, -0.25) is 0 Å². The second-order valence-electron chi connectivity index (χ2n) is 6.02. The van der Waals surface area contributed by atoms with Crippen LogP contribution in [-0.2, 0) is 11.3 Å². The van der Waals surface area contributed by atoms with Gasteiger partial charge in [-0.25, -0.2) is 4.99 Å². The lowest BCUT2D eigenvalue weighted by molar-refractivity contribution is -0.153. The van der Waals surface area contributed by atoms with Crippen molar-refractivity contribution in [3.8, 4) is 5.75 Å². The number of alkyl halides is 3. The number of ether oxygens (including phenoxy) is 2. The van der Waals surface area contributed by atoms with Crippen molar-refractivity contribution in [1.82, 2.24) is 10.6 Å². The van der Waals surface area contributed by atoms with Gasteiger partial charge in [0.25, 0.3) is 0 Å². The molecule has 0 aliphatic rings. The zero-order valence-electron chi connectivity index (χ0n) is 15.4. The summed E-state index contributed by atoms with van der Waals surface area (Å²) in [5.41, 5.74) is 0.208. The number of hydrogen-bond donors (Lipinski definition) is 2. The molecule has 0 aromatic heterocycles. The summed E-state index contributed by atoms with van der Waals surface area (Å²) in [5, 5.41) is 6.24. The number of nitrogens with zero attached hydrogens (tertiary/aromatic N) is 1. The highest BCUT2D eigenvalue weighted by molar-refractivity contribution is 14.0. The van der Waals surface area contributed by atoms with Crippen LogP contribution in [0, 0.1) is 0 Å².